The highest BCUT2D eigenvalue weighted by Crippen LogP contribution is 2.37. The number of fused-ring (bicyclic) bond motifs is 1. The van der Waals surface area contributed by atoms with Gasteiger partial charge in [0.25, 0.3) is 0 Å². The summed E-state index contributed by atoms with van der Waals surface area (Å²) in [5.74, 6) is 1.04. The zero-order chi connectivity index (χ0) is 13.8. The SMILES string of the molecule is CNC1(CCN2CCCC3CCCCC32)CCCCC1. The van der Waals surface area contributed by atoms with Gasteiger partial charge in [0.2, 0.25) is 0 Å². The highest BCUT2D eigenvalue weighted by molar-refractivity contribution is 4.93. The average Bonchev–Trinajstić information content (AvgIpc) is 2.54. The zero-order valence-corrected chi connectivity index (χ0v) is 13.5. The van der Waals surface area contributed by atoms with Crippen LogP contribution >= 0.6 is 0 Å². The monoisotopic (exact) mass is 278 g/mol. The number of nitrogens with one attached hydrogen (secondary N) is 1. The largest absolute Gasteiger partial charge is 0.314 e. The Morgan fingerprint density at radius 1 is 0.950 bits per heavy atom. The van der Waals surface area contributed by atoms with Gasteiger partial charge in [0, 0.05) is 18.1 Å². The summed E-state index contributed by atoms with van der Waals surface area (Å²) in [6.45, 7) is 2.73. The standard InChI is InChI=1S/C18H34N2/c1-19-18(11-5-2-6-12-18)13-15-20-14-7-9-16-8-3-4-10-17(16)20/h16-17,19H,2-15H2,1H3. The lowest BCUT2D eigenvalue weighted by atomic mass is 9.76. The number of likely N-dealkylation sites (tertiary alicyclic amines) is 1. The lowest BCUT2D eigenvalue weighted by Gasteiger charge is -2.46. The molecule has 2 aliphatic carbocycles. The second-order valence-corrected chi connectivity index (χ2v) is 7.63. The van der Waals surface area contributed by atoms with Crippen LogP contribution < -0.4 is 5.32 Å². The Bertz CT molecular complexity index is 294. The fraction of sp³-hybridized carbons (Fsp3) is 1.00. The minimum atomic E-state index is 0.472. The number of rotatable bonds is 4. The maximum absolute atomic E-state index is 3.70. The van der Waals surface area contributed by atoms with Crippen molar-refractivity contribution in [3.05, 3.63) is 0 Å². The molecule has 2 saturated carbocycles. The molecule has 1 N–H and O–H groups in total. The summed E-state index contributed by atoms with van der Waals surface area (Å²) in [6, 6.07) is 0.940. The maximum atomic E-state index is 3.70. The fourth-order valence-electron chi connectivity index (χ4n) is 5.22. The molecule has 0 aromatic carbocycles. The second kappa shape index (κ2) is 6.79. The van der Waals surface area contributed by atoms with Gasteiger partial charge >= 0.3 is 0 Å². The van der Waals surface area contributed by atoms with Crippen molar-refractivity contribution in [2.45, 2.75) is 88.6 Å². The molecule has 1 saturated heterocycles. The van der Waals surface area contributed by atoms with Crippen LogP contribution in [0, 0.1) is 5.92 Å². The highest BCUT2D eigenvalue weighted by Gasteiger charge is 2.35. The third-order valence-corrected chi connectivity index (χ3v) is 6.58. The van der Waals surface area contributed by atoms with Gasteiger partial charge in [0.15, 0.2) is 0 Å². The van der Waals surface area contributed by atoms with E-state index in [0.717, 1.165) is 12.0 Å². The third-order valence-electron chi connectivity index (χ3n) is 6.58. The van der Waals surface area contributed by atoms with E-state index in [1.807, 2.05) is 0 Å². The van der Waals surface area contributed by atoms with Crippen LogP contribution in [0.4, 0.5) is 0 Å². The molecular formula is C18H34N2. The lowest BCUT2D eigenvalue weighted by molar-refractivity contribution is 0.0494. The van der Waals surface area contributed by atoms with E-state index in [1.54, 1.807) is 0 Å². The van der Waals surface area contributed by atoms with E-state index in [1.165, 1.54) is 90.1 Å². The number of nitrogens with zero attached hydrogens (tertiary/aromatic N) is 1. The molecule has 0 amide bonds. The van der Waals surface area contributed by atoms with Crippen LogP contribution in [0.3, 0.4) is 0 Å². The first-order chi connectivity index (χ1) is 9.83. The summed E-state index contributed by atoms with van der Waals surface area (Å²) >= 11 is 0. The average molecular weight is 278 g/mol. The Morgan fingerprint density at radius 3 is 2.50 bits per heavy atom. The third kappa shape index (κ3) is 3.22. The molecule has 116 valence electrons. The van der Waals surface area contributed by atoms with E-state index >= 15 is 0 Å². The first-order valence-electron chi connectivity index (χ1n) is 9.26. The van der Waals surface area contributed by atoms with Crippen molar-refractivity contribution in [1.82, 2.24) is 10.2 Å². The summed E-state index contributed by atoms with van der Waals surface area (Å²) in [6.07, 6.45) is 17.5. The van der Waals surface area contributed by atoms with Crippen LogP contribution in [-0.2, 0) is 0 Å². The Hall–Kier alpha value is -0.0800. The molecule has 2 nitrogen and oxygen atoms in total. The molecule has 0 radical (unpaired) electrons. The van der Waals surface area contributed by atoms with Gasteiger partial charge in [-0.2, -0.15) is 0 Å². The highest BCUT2D eigenvalue weighted by atomic mass is 15.2. The molecule has 0 spiro atoms. The predicted octanol–water partition coefficient (Wildman–Crippen LogP) is 3.95. The molecule has 1 heterocycles. The van der Waals surface area contributed by atoms with Gasteiger partial charge in [-0.3, -0.25) is 0 Å². The minimum Gasteiger partial charge on any atom is -0.314 e. The van der Waals surface area contributed by atoms with Crippen LogP contribution in [0.2, 0.25) is 0 Å². The summed E-state index contributed by atoms with van der Waals surface area (Å²) in [4.78, 5) is 2.88. The van der Waals surface area contributed by atoms with E-state index < -0.39 is 0 Å². The van der Waals surface area contributed by atoms with Crippen molar-refractivity contribution >= 4 is 0 Å². The van der Waals surface area contributed by atoms with E-state index in [4.69, 9.17) is 0 Å². The molecule has 0 aromatic rings. The molecule has 0 bridgehead atoms. The van der Waals surface area contributed by atoms with Crippen molar-refractivity contribution < 1.29 is 0 Å². The van der Waals surface area contributed by atoms with Crippen LogP contribution in [0.1, 0.15) is 77.0 Å². The molecule has 3 aliphatic rings. The number of piperidine rings is 1. The second-order valence-electron chi connectivity index (χ2n) is 7.63. The molecule has 3 rings (SSSR count). The number of hydrogen-bond acceptors (Lipinski definition) is 2. The number of hydrogen-bond donors (Lipinski definition) is 1. The summed E-state index contributed by atoms with van der Waals surface area (Å²) in [5, 5.41) is 3.70. The topological polar surface area (TPSA) is 15.3 Å². The quantitative estimate of drug-likeness (QED) is 0.837. The molecule has 2 unspecified atom stereocenters. The molecular weight excluding hydrogens is 244 g/mol. The van der Waals surface area contributed by atoms with E-state index in [2.05, 4.69) is 17.3 Å². The van der Waals surface area contributed by atoms with Gasteiger partial charge in [-0.25, -0.2) is 0 Å². The minimum absolute atomic E-state index is 0.472. The Balaban J connectivity index is 1.56. The smallest absolute Gasteiger partial charge is 0.0190 e. The van der Waals surface area contributed by atoms with Crippen molar-refractivity contribution in [3.63, 3.8) is 0 Å². The van der Waals surface area contributed by atoms with Crippen molar-refractivity contribution in [1.29, 1.82) is 0 Å². The Labute approximate surface area is 125 Å². The van der Waals surface area contributed by atoms with Gasteiger partial charge in [-0.15, -0.1) is 0 Å². The van der Waals surface area contributed by atoms with Crippen molar-refractivity contribution in [3.8, 4) is 0 Å². The zero-order valence-electron chi connectivity index (χ0n) is 13.5. The summed E-state index contributed by atoms with van der Waals surface area (Å²) in [7, 11) is 2.20. The molecule has 2 heteroatoms. The van der Waals surface area contributed by atoms with Crippen LogP contribution in [-0.4, -0.2) is 36.6 Å². The Morgan fingerprint density at radius 2 is 1.70 bits per heavy atom. The molecule has 2 atom stereocenters. The lowest BCUT2D eigenvalue weighted by Crippen LogP contribution is -2.51. The van der Waals surface area contributed by atoms with E-state index in [-0.39, 0.29) is 0 Å². The summed E-state index contributed by atoms with van der Waals surface area (Å²) < 4.78 is 0. The van der Waals surface area contributed by atoms with Gasteiger partial charge in [-0.05, 0) is 64.5 Å². The van der Waals surface area contributed by atoms with Crippen molar-refractivity contribution in [2.24, 2.45) is 5.92 Å². The maximum Gasteiger partial charge on any atom is 0.0190 e. The van der Waals surface area contributed by atoms with Crippen LogP contribution in [0.15, 0.2) is 0 Å². The van der Waals surface area contributed by atoms with Crippen LogP contribution in [0.25, 0.3) is 0 Å². The molecule has 1 aliphatic heterocycles. The molecule has 0 aromatic heterocycles. The van der Waals surface area contributed by atoms with Gasteiger partial charge in [0.1, 0.15) is 0 Å². The molecule has 3 fully saturated rings. The van der Waals surface area contributed by atoms with E-state index in [9.17, 15) is 0 Å². The first kappa shape index (κ1) is 14.8. The van der Waals surface area contributed by atoms with Gasteiger partial charge in [-0.1, -0.05) is 32.1 Å². The predicted molar refractivity (Wildman–Crippen MR) is 86.0 cm³/mol. The van der Waals surface area contributed by atoms with Gasteiger partial charge in [0.05, 0.1) is 0 Å². The van der Waals surface area contributed by atoms with Gasteiger partial charge < -0.3 is 10.2 Å². The molecule has 20 heavy (non-hydrogen) atoms. The van der Waals surface area contributed by atoms with E-state index in [0.29, 0.717) is 5.54 Å². The Kier molecular flexibility index (Phi) is 5.04. The van der Waals surface area contributed by atoms with Crippen molar-refractivity contribution in [2.75, 3.05) is 20.1 Å². The summed E-state index contributed by atoms with van der Waals surface area (Å²) in [5.41, 5.74) is 0.472. The normalized spacial score (nSPS) is 34.6. The first-order valence-corrected chi connectivity index (χ1v) is 9.26. The van der Waals surface area contributed by atoms with Crippen LogP contribution in [0.5, 0.6) is 0 Å². The fourth-order valence-corrected chi connectivity index (χ4v) is 5.22.